The molecule has 5 heteroatoms. The van der Waals surface area contributed by atoms with Crippen LogP contribution in [0.25, 0.3) is 0 Å². The number of hydrogen-bond acceptors (Lipinski definition) is 3. The zero-order chi connectivity index (χ0) is 10.8. The van der Waals surface area contributed by atoms with Crippen molar-refractivity contribution in [1.82, 2.24) is 4.90 Å². The van der Waals surface area contributed by atoms with Crippen LogP contribution in [0.2, 0.25) is 0 Å². The number of carbonyl (C=O) groups is 2. The second-order valence-corrected chi connectivity index (χ2v) is 3.53. The van der Waals surface area contributed by atoms with Gasteiger partial charge in [0, 0.05) is 6.54 Å². The first-order chi connectivity index (χ1) is 6.52. The van der Waals surface area contributed by atoms with E-state index in [-0.39, 0.29) is 6.61 Å². The molecule has 1 aliphatic heterocycles. The minimum absolute atomic E-state index is 0.269. The average Bonchev–Trinajstić information content (AvgIpc) is 2.49. The van der Waals surface area contributed by atoms with Gasteiger partial charge in [0.05, 0.1) is 6.61 Å². The first-order valence-corrected chi connectivity index (χ1v) is 4.70. The van der Waals surface area contributed by atoms with Crippen molar-refractivity contribution in [3.63, 3.8) is 0 Å². The summed E-state index contributed by atoms with van der Waals surface area (Å²) in [6, 6.07) is 0. The fourth-order valence-corrected chi connectivity index (χ4v) is 1.68. The lowest BCUT2D eigenvalue weighted by atomic mass is 10.00. The SMILES string of the molecule is CCOC(=O)N1CCC[C@@]1(C)C(=O)O. The summed E-state index contributed by atoms with van der Waals surface area (Å²) in [7, 11) is 0. The quantitative estimate of drug-likeness (QED) is 0.726. The summed E-state index contributed by atoms with van der Waals surface area (Å²) in [6.45, 7) is 3.98. The molecule has 1 N–H and O–H groups in total. The number of rotatable bonds is 2. The van der Waals surface area contributed by atoms with E-state index >= 15 is 0 Å². The van der Waals surface area contributed by atoms with E-state index in [1.54, 1.807) is 13.8 Å². The Hall–Kier alpha value is -1.26. The Kier molecular flexibility index (Phi) is 2.98. The summed E-state index contributed by atoms with van der Waals surface area (Å²) in [5.41, 5.74) is -1.09. The lowest BCUT2D eigenvalue weighted by Gasteiger charge is -2.29. The number of aliphatic carboxylic acids is 1. The van der Waals surface area contributed by atoms with Crippen LogP contribution in [0.4, 0.5) is 4.79 Å². The van der Waals surface area contributed by atoms with Crippen LogP contribution in [0.1, 0.15) is 26.7 Å². The minimum Gasteiger partial charge on any atom is -0.480 e. The molecule has 14 heavy (non-hydrogen) atoms. The highest BCUT2D eigenvalue weighted by atomic mass is 16.6. The number of carboxylic acids is 1. The molecule has 1 heterocycles. The van der Waals surface area contributed by atoms with Gasteiger partial charge in [0.2, 0.25) is 0 Å². The number of likely N-dealkylation sites (tertiary alicyclic amines) is 1. The zero-order valence-electron chi connectivity index (χ0n) is 8.45. The Morgan fingerprint density at radius 1 is 1.57 bits per heavy atom. The van der Waals surface area contributed by atoms with E-state index in [0.717, 1.165) is 0 Å². The first kappa shape index (κ1) is 10.8. The van der Waals surface area contributed by atoms with E-state index in [1.807, 2.05) is 0 Å². The van der Waals surface area contributed by atoms with Gasteiger partial charge in [0.1, 0.15) is 5.54 Å². The molecule has 1 aliphatic rings. The van der Waals surface area contributed by atoms with Gasteiger partial charge in [0.15, 0.2) is 0 Å². The number of ether oxygens (including phenoxy) is 1. The Balaban J connectivity index is 2.77. The van der Waals surface area contributed by atoms with Crippen LogP contribution >= 0.6 is 0 Å². The van der Waals surface area contributed by atoms with Crippen LogP contribution in [0.5, 0.6) is 0 Å². The maximum atomic E-state index is 11.4. The summed E-state index contributed by atoms with van der Waals surface area (Å²) in [4.78, 5) is 23.7. The van der Waals surface area contributed by atoms with Gasteiger partial charge in [-0.1, -0.05) is 0 Å². The van der Waals surface area contributed by atoms with Crippen LogP contribution in [-0.2, 0) is 9.53 Å². The molecule has 5 nitrogen and oxygen atoms in total. The molecule has 1 saturated heterocycles. The average molecular weight is 201 g/mol. The summed E-state index contributed by atoms with van der Waals surface area (Å²) in [5, 5.41) is 9.01. The molecule has 1 atom stereocenters. The summed E-state index contributed by atoms with van der Waals surface area (Å²) < 4.78 is 4.80. The lowest BCUT2D eigenvalue weighted by Crippen LogP contribution is -2.50. The number of carboxylic acid groups (broad SMARTS) is 1. The van der Waals surface area contributed by atoms with Crippen molar-refractivity contribution in [2.75, 3.05) is 13.2 Å². The molecule has 0 aromatic rings. The highest BCUT2D eigenvalue weighted by Gasteiger charge is 2.46. The molecule has 0 aliphatic carbocycles. The summed E-state index contributed by atoms with van der Waals surface area (Å²) in [5.74, 6) is -0.969. The van der Waals surface area contributed by atoms with E-state index in [2.05, 4.69) is 0 Å². The van der Waals surface area contributed by atoms with Gasteiger partial charge in [-0.2, -0.15) is 0 Å². The van der Waals surface area contributed by atoms with E-state index in [1.165, 1.54) is 4.90 Å². The molecule has 0 bridgehead atoms. The fraction of sp³-hybridized carbons (Fsp3) is 0.778. The molecule has 0 aromatic carbocycles. The molecule has 1 fully saturated rings. The van der Waals surface area contributed by atoms with Gasteiger partial charge in [-0.05, 0) is 26.7 Å². The molecule has 1 rings (SSSR count). The number of amides is 1. The van der Waals surface area contributed by atoms with Crippen LogP contribution in [0, 0.1) is 0 Å². The minimum atomic E-state index is -1.09. The third-order valence-electron chi connectivity index (χ3n) is 2.59. The van der Waals surface area contributed by atoms with Crippen molar-refractivity contribution in [3.05, 3.63) is 0 Å². The van der Waals surface area contributed by atoms with Crippen molar-refractivity contribution in [2.24, 2.45) is 0 Å². The van der Waals surface area contributed by atoms with Crippen molar-refractivity contribution >= 4 is 12.1 Å². The van der Waals surface area contributed by atoms with Gasteiger partial charge in [-0.3, -0.25) is 4.90 Å². The number of carbonyl (C=O) groups excluding carboxylic acids is 1. The number of nitrogens with zero attached hydrogens (tertiary/aromatic N) is 1. The zero-order valence-corrected chi connectivity index (χ0v) is 8.45. The molecule has 0 radical (unpaired) electrons. The molecular formula is C9H15NO4. The topological polar surface area (TPSA) is 66.8 Å². The van der Waals surface area contributed by atoms with Crippen LogP contribution in [0.15, 0.2) is 0 Å². The molecule has 80 valence electrons. The van der Waals surface area contributed by atoms with Crippen molar-refractivity contribution in [2.45, 2.75) is 32.2 Å². The van der Waals surface area contributed by atoms with E-state index in [9.17, 15) is 9.59 Å². The van der Waals surface area contributed by atoms with Crippen molar-refractivity contribution < 1.29 is 19.4 Å². The highest BCUT2D eigenvalue weighted by Crippen LogP contribution is 2.29. The highest BCUT2D eigenvalue weighted by molar-refractivity contribution is 5.84. The molecule has 0 spiro atoms. The van der Waals surface area contributed by atoms with Gasteiger partial charge in [-0.15, -0.1) is 0 Å². The number of hydrogen-bond donors (Lipinski definition) is 1. The van der Waals surface area contributed by atoms with Gasteiger partial charge < -0.3 is 9.84 Å². The molecule has 1 amide bonds. The Bertz CT molecular complexity index is 253. The smallest absolute Gasteiger partial charge is 0.410 e. The van der Waals surface area contributed by atoms with E-state index in [0.29, 0.717) is 19.4 Å². The third-order valence-corrected chi connectivity index (χ3v) is 2.59. The Morgan fingerprint density at radius 3 is 2.71 bits per heavy atom. The van der Waals surface area contributed by atoms with Gasteiger partial charge in [-0.25, -0.2) is 9.59 Å². The predicted octanol–water partition coefficient (Wildman–Crippen LogP) is 1.08. The molecular weight excluding hydrogens is 186 g/mol. The summed E-state index contributed by atoms with van der Waals surface area (Å²) in [6.07, 6.45) is 0.665. The largest absolute Gasteiger partial charge is 0.480 e. The van der Waals surface area contributed by atoms with Crippen LogP contribution in [0.3, 0.4) is 0 Å². The molecule has 0 unspecified atom stereocenters. The fourth-order valence-electron chi connectivity index (χ4n) is 1.68. The second-order valence-electron chi connectivity index (χ2n) is 3.53. The van der Waals surface area contributed by atoms with Gasteiger partial charge >= 0.3 is 12.1 Å². The Morgan fingerprint density at radius 2 is 2.21 bits per heavy atom. The summed E-state index contributed by atoms with van der Waals surface area (Å²) >= 11 is 0. The van der Waals surface area contributed by atoms with Crippen molar-refractivity contribution in [1.29, 1.82) is 0 Å². The van der Waals surface area contributed by atoms with E-state index in [4.69, 9.17) is 9.84 Å². The monoisotopic (exact) mass is 201 g/mol. The third kappa shape index (κ3) is 1.66. The molecule has 0 aromatic heterocycles. The van der Waals surface area contributed by atoms with Crippen LogP contribution in [-0.4, -0.2) is 40.8 Å². The lowest BCUT2D eigenvalue weighted by molar-refractivity contribution is -0.147. The maximum Gasteiger partial charge on any atom is 0.410 e. The first-order valence-electron chi connectivity index (χ1n) is 4.70. The van der Waals surface area contributed by atoms with Gasteiger partial charge in [0.25, 0.3) is 0 Å². The van der Waals surface area contributed by atoms with Crippen molar-refractivity contribution in [3.8, 4) is 0 Å². The van der Waals surface area contributed by atoms with Crippen LogP contribution < -0.4 is 0 Å². The molecule has 0 saturated carbocycles. The maximum absolute atomic E-state index is 11.4. The standard InChI is InChI=1S/C9H15NO4/c1-3-14-8(13)10-6-4-5-9(10,2)7(11)12/h3-6H2,1-2H3,(H,11,12)/t9-/m0/s1. The normalized spacial score (nSPS) is 26.3. The Labute approximate surface area is 82.6 Å². The van der Waals surface area contributed by atoms with E-state index < -0.39 is 17.6 Å². The second kappa shape index (κ2) is 3.86. The predicted molar refractivity (Wildman–Crippen MR) is 49.0 cm³/mol.